The van der Waals surface area contributed by atoms with Crippen LogP contribution in [0, 0.1) is 5.82 Å². The van der Waals surface area contributed by atoms with Crippen LogP contribution in [0.2, 0.25) is 0 Å². The number of rotatable bonds is 6. The van der Waals surface area contributed by atoms with Crippen molar-refractivity contribution < 1.29 is 13.9 Å². The molecule has 1 aromatic heterocycles. The summed E-state index contributed by atoms with van der Waals surface area (Å²) in [5.41, 5.74) is 4.08. The summed E-state index contributed by atoms with van der Waals surface area (Å²) in [5, 5.41) is 7.43. The van der Waals surface area contributed by atoms with Crippen molar-refractivity contribution >= 4 is 0 Å². The number of benzene rings is 2. The van der Waals surface area contributed by atoms with E-state index in [-0.39, 0.29) is 5.82 Å². The van der Waals surface area contributed by atoms with E-state index in [1.165, 1.54) is 6.07 Å². The van der Waals surface area contributed by atoms with Gasteiger partial charge in [-0.2, -0.15) is 5.10 Å². The van der Waals surface area contributed by atoms with Gasteiger partial charge in [-0.25, -0.2) is 4.39 Å². The highest BCUT2D eigenvalue weighted by atomic mass is 19.1. The lowest BCUT2D eigenvalue weighted by Crippen LogP contribution is -2.34. The summed E-state index contributed by atoms with van der Waals surface area (Å²) in [6, 6.07) is 12.7. The molecule has 1 saturated heterocycles. The van der Waals surface area contributed by atoms with Gasteiger partial charge < -0.3 is 9.47 Å². The van der Waals surface area contributed by atoms with Crippen LogP contribution in [0.15, 0.2) is 48.7 Å². The molecule has 4 rings (SSSR count). The third-order valence-electron chi connectivity index (χ3n) is 5.61. The monoisotopic (exact) mass is 395 g/mol. The number of ether oxygens (including phenoxy) is 2. The average Bonchev–Trinajstić information content (AvgIpc) is 3.24. The van der Waals surface area contributed by atoms with Crippen molar-refractivity contribution in [2.45, 2.75) is 25.3 Å². The molecule has 152 valence electrons. The highest BCUT2D eigenvalue weighted by Gasteiger charge is 2.26. The van der Waals surface area contributed by atoms with Gasteiger partial charge in [0.05, 0.1) is 20.4 Å². The second-order valence-corrected chi connectivity index (χ2v) is 7.46. The zero-order valence-corrected chi connectivity index (χ0v) is 16.8. The molecule has 5 nitrogen and oxygen atoms in total. The fourth-order valence-electron chi connectivity index (χ4n) is 4.15. The number of hydrogen-bond acceptors (Lipinski definition) is 4. The van der Waals surface area contributed by atoms with Crippen LogP contribution < -0.4 is 9.47 Å². The predicted octanol–water partition coefficient (Wildman–Crippen LogP) is 4.61. The maximum absolute atomic E-state index is 13.7. The molecule has 1 aliphatic rings. The molecule has 29 heavy (non-hydrogen) atoms. The highest BCUT2D eigenvalue weighted by Crippen LogP contribution is 2.34. The maximum atomic E-state index is 13.7. The van der Waals surface area contributed by atoms with Gasteiger partial charge in [-0.1, -0.05) is 18.2 Å². The van der Waals surface area contributed by atoms with E-state index in [2.05, 4.69) is 21.2 Å². The van der Waals surface area contributed by atoms with Crippen LogP contribution in [0.1, 0.15) is 30.0 Å². The van der Waals surface area contributed by atoms with Gasteiger partial charge in [0.1, 0.15) is 17.3 Å². The molecule has 0 saturated carbocycles. The fraction of sp³-hybridized carbons (Fsp3) is 0.348. The normalized spacial score (nSPS) is 17.3. The van der Waals surface area contributed by atoms with Crippen molar-refractivity contribution in [2.24, 2.45) is 0 Å². The minimum absolute atomic E-state index is 0.230. The Bertz CT molecular complexity index is 972. The van der Waals surface area contributed by atoms with Gasteiger partial charge in [0.15, 0.2) is 0 Å². The first-order chi connectivity index (χ1) is 14.2. The minimum atomic E-state index is -0.230. The number of aromatic amines is 1. The summed E-state index contributed by atoms with van der Waals surface area (Å²) < 4.78 is 24.6. The van der Waals surface area contributed by atoms with Crippen molar-refractivity contribution in [1.82, 2.24) is 15.1 Å². The van der Waals surface area contributed by atoms with Gasteiger partial charge in [0, 0.05) is 41.9 Å². The molecular formula is C23H26FN3O2. The van der Waals surface area contributed by atoms with Gasteiger partial charge in [-0.15, -0.1) is 0 Å². The minimum Gasteiger partial charge on any atom is -0.497 e. The van der Waals surface area contributed by atoms with Gasteiger partial charge >= 0.3 is 0 Å². The van der Waals surface area contributed by atoms with Crippen LogP contribution in [0.4, 0.5) is 4.39 Å². The van der Waals surface area contributed by atoms with Crippen molar-refractivity contribution in [3.05, 3.63) is 65.7 Å². The Labute approximate surface area is 170 Å². The van der Waals surface area contributed by atoms with Crippen molar-refractivity contribution in [3.8, 4) is 22.6 Å². The van der Waals surface area contributed by atoms with Crippen molar-refractivity contribution in [1.29, 1.82) is 0 Å². The van der Waals surface area contributed by atoms with Crippen LogP contribution in [0.5, 0.6) is 11.5 Å². The number of aromatic nitrogens is 2. The Balaban J connectivity index is 1.52. The Morgan fingerprint density at radius 3 is 2.86 bits per heavy atom. The average molecular weight is 395 g/mol. The number of nitrogens with one attached hydrogen (secondary N) is 1. The van der Waals surface area contributed by atoms with Crippen LogP contribution >= 0.6 is 0 Å². The number of halogens is 1. The molecule has 0 aliphatic carbocycles. The summed E-state index contributed by atoms with van der Waals surface area (Å²) in [6.45, 7) is 2.77. The van der Waals surface area contributed by atoms with E-state index in [4.69, 9.17) is 9.47 Å². The Kier molecular flexibility index (Phi) is 5.81. The lowest BCUT2D eigenvalue weighted by molar-refractivity contribution is 0.196. The summed E-state index contributed by atoms with van der Waals surface area (Å²) in [6.07, 6.45) is 3.99. The summed E-state index contributed by atoms with van der Waals surface area (Å²) >= 11 is 0. The molecule has 0 radical (unpaired) electrons. The number of hydrogen-bond donors (Lipinski definition) is 1. The first kappa shape index (κ1) is 19.5. The predicted molar refractivity (Wildman–Crippen MR) is 111 cm³/mol. The van der Waals surface area contributed by atoms with E-state index in [9.17, 15) is 4.39 Å². The molecule has 0 spiro atoms. The highest BCUT2D eigenvalue weighted by molar-refractivity contribution is 5.65. The molecule has 2 aromatic carbocycles. The van der Waals surface area contributed by atoms with Gasteiger partial charge in [0.25, 0.3) is 0 Å². The lowest BCUT2D eigenvalue weighted by Gasteiger charge is -2.33. The topological polar surface area (TPSA) is 50.4 Å². The third kappa shape index (κ3) is 4.27. The largest absolute Gasteiger partial charge is 0.497 e. The standard InChI is InChI=1S/C23H26FN3O2/c1-28-20-9-8-17(22(12-20)29-2)14-27-10-4-6-18(15-27)23-21(13-25-26-23)16-5-3-7-19(24)11-16/h3,5,7-9,11-13,18H,4,6,10,14-15H2,1-2H3,(H,25,26)/t18-/m0/s1. The maximum Gasteiger partial charge on any atom is 0.127 e. The first-order valence-corrected chi connectivity index (χ1v) is 9.90. The smallest absolute Gasteiger partial charge is 0.127 e. The third-order valence-corrected chi connectivity index (χ3v) is 5.61. The van der Waals surface area contributed by atoms with E-state index in [0.717, 1.165) is 66.4 Å². The van der Waals surface area contributed by atoms with Gasteiger partial charge in [0.2, 0.25) is 0 Å². The van der Waals surface area contributed by atoms with Gasteiger partial charge in [-0.3, -0.25) is 10.00 Å². The van der Waals surface area contributed by atoms with Crippen LogP contribution in [-0.2, 0) is 6.54 Å². The van der Waals surface area contributed by atoms with Crippen LogP contribution in [-0.4, -0.2) is 42.4 Å². The molecule has 1 aliphatic heterocycles. The van der Waals surface area contributed by atoms with Crippen molar-refractivity contribution in [2.75, 3.05) is 27.3 Å². The van der Waals surface area contributed by atoms with Crippen LogP contribution in [0.3, 0.4) is 0 Å². The van der Waals surface area contributed by atoms with E-state index in [1.54, 1.807) is 32.5 Å². The second kappa shape index (κ2) is 8.66. The molecule has 1 fully saturated rings. The SMILES string of the molecule is COc1ccc(CN2CCC[C@H](c3[nH]ncc3-c3cccc(F)c3)C2)c(OC)c1. The fourth-order valence-corrected chi connectivity index (χ4v) is 4.15. The Morgan fingerprint density at radius 2 is 2.07 bits per heavy atom. The molecule has 1 atom stereocenters. The number of likely N-dealkylation sites (tertiary alicyclic amines) is 1. The Morgan fingerprint density at radius 1 is 1.17 bits per heavy atom. The molecule has 6 heteroatoms. The number of piperidine rings is 1. The molecule has 1 N–H and O–H groups in total. The summed E-state index contributed by atoms with van der Waals surface area (Å²) in [7, 11) is 3.34. The molecule has 0 bridgehead atoms. The quantitative estimate of drug-likeness (QED) is 0.662. The van der Waals surface area contributed by atoms with Crippen LogP contribution in [0.25, 0.3) is 11.1 Å². The molecule has 3 aromatic rings. The van der Waals surface area contributed by atoms with E-state index in [1.807, 2.05) is 18.2 Å². The van der Waals surface area contributed by atoms with Gasteiger partial charge in [-0.05, 0) is 43.1 Å². The molecular weight excluding hydrogens is 369 g/mol. The van der Waals surface area contributed by atoms with E-state index < -0.39 is 0 Å². The zero-order valence-electron chi connectivity index (χ0n) is 16.8. The number of H-pyrrole nitrogens is 1. The van der Waals surface area contributed by atoms with Crippen molar-refractivity contribution in [3.63, 3.8) is 0 Å². The van der Waals surface area contributed by atoms with E-state index >= 15 is 0 Å². The Hall–Kier alpha value is -2.86. The molecule has 2 heterocycles. The number of methoxy groups -OCH3 is 2. The second-order valence-electron chi connectivity index (χ2n) is 7.46. The number of nitrogens with zero attached hydrogens (tertiary/aromatic N) is 2. The first-order valence-electron chi connectivity index (χ1n) is 9.90. The molecule has 0 amide bonds. The summed E-state index contributed by atoms with van der Waals surface area (Å²) in [4.78, 5) is 2.44. The molecule has 0 unspecified atom stereocenters. The summed E-state index contributed by atoms with van der Waals surface area (Å²) in [5.74, 6) is 1.73. The zero-order chi connectivity index (χ0) is 20.2. The van der Waals surface area contributed by atoms with E-state index in [0.29, 0.717) is 5.92 Å². The lowest BCUT2D eigenvalue weighted by atomic mass is 9.90.